The monoisotopic (exact) mass is 333 g/mol. The summed E-state index contributed by atoms with van der Waals surface area (Å²) >= 11 is 6.18. The van der Waals surface area contributed by atoms with Gasteiger partial charge in [-0.2, -0.15) is 0 Å². The summed E-state index contributed by atoms with van der Waals surface area (Å²) in [5.74, 6) is 0.633. The molecule has 0 spiro atoms. The summed E-state index contributed by atoms with van der Waals surface area (Å²) in [6, 6.07) is 14.9. The minimum atomic E-state index is -0.560. The molecule has 0 heterocycles. The molecule has 0 unspecified atom stereocenters. The average molecular weight is 334 g/mol. The highest BCUT2D eigenvalue weighted by Gasteiger charge is 2.17. The number of ether oxygens (including phenoxy) is 2. The van der Waals surface area contributed by atoms with E-state index < -0.39 is 11.7 Å². The fraction of sp³-hybridized carbons (Fsp3) is 0.278. The van der Waals surface area contributed by atoms with E-state index in [1.165, 1.54) is 0 Å². The normalized spacial score (nSPS) is 11.0. The molecule has 0 atom stereocenters. The van der Waals surface area contributed by atoms with Crippen LogP contribution >= 0.6 is 11.6 Å². The summed E-state index contributed by atoms with van der Waals surface area (Å²) in [4.78, 5) is 11.8. The van der Waals surface area contributed by atoms with Crippen molar-refractivity contribution in [1.82, 2.24) is 0 Å². The minimum absolute atomic E-state index is 0.390. The van der Waals surface area contributed by atoms with Gasteiger partial charge in [-0.3, -0.25) is 5.32 Å². The van der Waals surface area contributed by atoms with Crippen LogP contribution in [0.15, 0.2) is 48.5 Å². The lowest BCUT2D eigenvalue weighted by atomic mass is 10.2. The lowest BCUT2D eigenvalue weighted by molar-refractivity contribution is 0.0636. The number of amides is 1. The highest BCUT2D eigenvalue weighted by atomic mass is 35.5. The number of carbonyl (C=O) groups is 1. The van der Waals surface area contributed by atoms with Crippen molar-refractivity contribution in [3.05, 3.63) is 59.1 Å². The van der Waals surface area contributed by atoms with Crippen molar-refractivity contribution in [2.75, 3.05) is 5.32 Å². The average Bonchev–Trinajstić information content (AvgIpc) is 2.47. The van der Waals surface area contributed by atoms with Crippen molar-refractivity contribution >= 4 is 23.4 Å². The molecule has 0 fully saturated rings. The van der Waals surface area contributed by atoms with Gasteiger partial charge in [0.15, 0.2) is 0 Å². The second-order valence-corrected chi connectivity index (χ2v) is 6.45. The van der Waals surface area contributed by atoms with Crippen LogP contribution in [-0.4, -0.2) is 11.7 Å². The minimum Gasteiger partial charge on any atom is -0.489 e. The van der Waals surface area contributed by atoms with Crippen molar-refractivity contribution in [1.29, 1.82) is 0 Å². The van der Waals surface area contributed by atoms with Crippen LogP contribution in [0.2, 0.25) is 5.02 Å². The number of hydrogen-bond acceptors (Lipinski definition) is 3. The van der Waals surface area contributed by atoms with E-state index >= 15 is 0 Å². The fourth-order valence-electron chi connectivity index (χ4n) is 1.84. The summed E-state index contributed by atoms with van der Waals surface area (Å²) in [7, 11) is 0. The van der Waals surface area contributed by atoms with Crippen LogP contribution in [0.4, 0.5) is 10.5 Å². The van der Waals surface area contributed by atoms with Crippen LogP contribution in [0.25, 0.3) is 0 Å². The zero-order chi connectivity index (χ0) is 16.9. The maximum absolute atomic E-state index is 11.8. The van der Waals surface area contributed by atoms with Crippen LogP contribution in [0, 0.1) is 0 Å². The molecule has 1 N–H and O–H groups in total. The molecule has 122 valence electrons. The quantitative estimate of drug-likeness (QED) is 0.829. The maximum atomic E-state index is 11.8. The topological polar surface area (TPSA) is 47.6 Å². The van der Waals surface area contributed by atoms with E-state index in [0.717, 1.165) is 5.56 Å². The van der Waals surface area contributed by atoms with Gasteiger partial charge in [0, 0.05) is 6.07 Å². The number of benzene rings is 2. The molecule has 0 aliphatic rings. The third-order valence-electron chi connectivity index (χ3n) is 2.82. The van der Waals surface area contributed by atoms with E-state index in [0.29, 0.717) is 23.1 Å². The SMILES string of the molecule is CC(C)(C)OC(=O)Nc1ccc(OCc2ccccc2)cc1Cl. The van der Waals surface area contributed by atoms with Gasteiger partial charge in [-0.1, -0.05) is 41.9 Å². The number of hydrogen-bond donors (Lipinski definition) is 1. The molecule has 4 nitrogen and oxygen atoms in total. The van der Waals surface area contributed by atoms with Crippen LogP contribution in [-0.2, 0) is 11.3 Å². The van der Waals surface area contributed by atoms with E-state index in [2.05, 4.69) is 5.32 Å². The Labute approximate surface area is 141 Å². The van der Waals surface area contributed by atoms with Gasteiger partial charge < -0.3 is 9.47 Å². The van der Waals surface area contributed by atoms with Crippen molar-refractivity contribution in [2.45, 2.75) is 33.0 Å². The molecule has 1 amide bonds. The van der Waals surface area contributed by atoms with Crippen LogP contribution < -0.4 is 10.1 Å². The molecule has 23 heavy (non-hydrogen) atoms. The first-order valence-electron chi connectivity index (χ1n) is 7.30. The second-order valence-electron chi connectivity index (χ2n) is 6.04. The summed E-state index contributed by atoms with van der Waals surface area (Å²) in [5.41, 5.74) is 0.988. The van der Waals surface area contributed by atoms with Crippen molar-refractivity contribution < 1.29 is 14.3 Å². The van der Waals surface area contributed by atoms with E-state index in [-0.39, 0.29) is 0 Å². The first-order valence-corrected chi connectivity index (χ1v) is 7.67. The van der Waals surface area contributed by atoms with Gasteiger partial charge in [0.2, 0.25) is 0 Å². The van der Waals surface area contributed by atoms with Crippen LogP contribution in [0.1, 0.15) is 26.3 Å². The van der Waals surface area contributed by atoms with Crippen LogP contribution in [0.5, 0.6) is 5.75 Å². The summed E-state index contributed by atoms with van der Waals surface area (Å²) in [5, 5.41) is 3.01. The van der Waals surface area contributed by atoms with Crippen molar-refractivity contribution in [3.63, 3.8) is 0 Å². The molecule has 0 bridgehead atoms. The molecular formula is C18H20ClNO3. The molecular weight excluding hydrogens is 314 g/mol. The Morgan fingerprint density at radius 3 is 2.43 bits per heavy atom. The first-order chi connectivity index (χ1) is 10.8. The highest BCUT2D eigenvalue weighted by molar-refractivity contribution is 6.33. The summed E-state index contributed by atoms with van der Waals surface area (Å²) < 4.78 is 10.9. The standard InChI is InChI=1S/C18H20ClNO3/c1-18(2,3)23-17(21)20-16-10-9-14(11-15(16)19)22-12-13-7-5-4-6-8-13/h4-11H,12H2,1-3H3,(H,20,21). The molecule has 2 aromatic rings. The molecule has 0 aliphatic carbocycles. The Morgan fingerprint density at radius 2 is 1.83 bits per heavy atom. The summed E-state index contributed by atoms with van der Waals surface area (Å²) in [6.07, 6.45) is -0.544. The molecule has 0 radical (unpaired) electrons. The van der Waals surface area contributed by atoms with Gasteiger partial charge in [-0.25, -0.2) is 4.79 Å². The number of carbonyl (C=O) groups excluding carboxylic acids is 1. The Morgan fingerprint density at radius 1 is 1.13 bits per heavy atom. The summed E-state index contributed by atoms with van der Waals surface area (Å²) in [6.45, 7) is 5.86. The number of halogens is 1. The second kappa shape index (κ2) is 7.38. The lowest BCUT2D eigenvalue weighted by Crippen LogP contribution is -2.27. The lowest BCUT2D eigenvalue weighted by Gasteiger charge is -2.20. The predicted octanol–water partition coefficient (Wildman–Crippen LogP) is 5.27. The fourth-order valence-corrected chi connectivity index (χ4v) is 2.06. The van der Waals surface area contributed by atoms with Crippen molar-refractivity contribution in [3.8, 4) is 5.75 Å². The van der Waals surface area contributed by atoms with Gasteiger partial charge >= 0.3 is 6.09 Å². The van der Waals surface area contributed by atoms with E-state index in [1.807, 2.05) is 30.3 Å². The van der Waals surface area contributed by atoms with E-state index in [1.54, 1.807) is 39.0 Å². The third kappa shape index (κ3) is 5.83. The van der Waals surface area contributed by atoms with Crippen LogP contribution in [0.3, 0.4) is 0 Å². The largest absolute Gasteiger partial charge is 0.489 e. The highest BCUT2D eigenvalue weighted by Crippen LogP contribution is 2.27. The molecule has 0 aliphatic heterocycles. The Bertz CT molecular complexity index is 666. The number of nitrogens with one attached hydrogen (secondary N) is 1. The number of anilines is 1. The Hall–Kier alpha value is -2.20. The van der Waals surface area contributed by atoms with Gasteiger partial charge in [0.25, 0.3) is 0 Å². The van der Waals surface area contributed by atoms with E-state index in [4.69, 9.17) is 21.1 Å². The molecule has 0 saturated carbocycles. The molecule has 2 rings (SSSR count). The van der Waals surface area contributed by atoms with Crippen molar-refractivity contribution in [2.24, 2.45) is 0 Å². The van der Waals surface area contributed by atoms with Gasteiger partial charge in [0.1, 0.15) is 18.0 Å². The van der Waals surface area contributed by atoms with Gasteiger partial charge in [0.05, 0.1) is 10.7 Å². The molecule has 2 aromatic carbocycles. The molecule has 0 saturated heterocycles. The zero-order valence-corrected chi connectivity index (χ0v) is 14.2. The zero-order valence-electron chi connectivity index (χ0n) is 13.4. The third-order valence-corrected chi connectivity index (χ3v) is 3.14. The van der Waals surface area contributed by atoms with E-state index in [9.17, 15) is 4.79 Å². The smallest absolute Gasteiger partial charge is 0.412 e. The Balaban J connectivity index is 1.96. The predicted molar refractivity (Wildman–Crippen MR) is 92.1 cm³/mol. The number of rotatable bonds is 4. The maximum Gasteiger partial charge on any atom is 0.412 e. The van der Waals surface area contributed by atoms with Gasteiger partial charge in [-0.15, -0.1) is 0 Å². The first kappa shape index (κ1) is 17.2. The molecule has 0 aromatic heterocycles. The Kier molecular flexibility index (Phi) is 5.50. The molecule has 5 heteroatoms. The van der Waals surface area contributed by atoms with Gasteiger partial charge in [-0.05, 0) is 38.5 Å².